The largest absolute Gasteiger partial charge is 0.490 e. The lowest BCUT2D eigenvalue weighted by molar-refractivity contribution is -0.776. The molecule has 0 aliphatic carbocycles. The van der Waals surface area contributed by atoms with Crippen LogP contribution in [0.15, 0.2) is 34.9 Å². The van der Waals surface area contributed by atoms with E-state index in [9.17, 15) is 18.0 Å². The number of aromatic nitrogens is 3. The highest BCUT2D eigenvalue weighted by Crippen LogP contribution is 2.33. The van der Waals surface area contributed by atoms with Crippen LogP contribution in [0.3, 0.4) is 0 Å². The van der Waals surface area contributed by atoms with Gasteiger partial charge in [0, 0.05) is 24.4 Å². The SMILES string of the molecule is Cn1c2ccc(OCCO/N=C(\C(=O)NC3C(=O)N(OS(=O)(=O)O)C3(C)C)c3csc(N)n3)cc2c[n+]1CC1CNC1.O=CO. The van der Waals surface area contributed by atoms with E-state index in [4.69, 9.17) is 29.8 Å². The zero-order chi connectivity index (χ0) is 32.9. The second-order valence-corrected chi connectivity index (χ2v) is 12.4. The Hall–Kier alpha value is -4.37. The lowest BCUT2D eigenvalue weighted by atomic mass is 9.84. The van der Waals surface area contributed by atoms with Crippen LogP contribution in [0.25, 0.3) is 10.9 Å². The first-order valence-electron chi connectivity index (χ1n) is 13.4. The minimum Gasteiger partial charge on any atom is -0.490 e. The fraction of sp³-hybridized carbons (Fsp3) is 0.440. The number of rotatable bonds is 12. The summed E-state index contributed by atoms with van der Waals surface area (Å²) in [6.07, 6.45) is 2.09. The predicted molar refractivity (Wildman–Crippen MR) is 158 cm³/mol. The van der Waals surface area contributed by atoms with Gasteiger partial charge in [0.25, 0.3) is 18.3 Å². The van der Waals surface area contributed by atoms with Crippen LogP contribution in [0.4, 0.5) is 5.13 Å². The van der Waals surface area contributed by atoms with E-state index in [1.807, 2.05) is 25.2 Å². The predicted octanol–water partition coefficient (Wildman–Crippen LogP) is -0.936. The first kappa shape index (κ1) is 33.5. The third-order valence-electron chi connectivity index (χ3n) is 7.03. The van der Waals surface area contributed by atoms with Crippen LogP contribution < -0.4 is 25.8 Å². The third kappa shape index (κ3) is 7.84. The quantitative estimate of drug-likeness (QED) is 0.0298. The van der Waals surface area contributed by atoms with Crippen molar-refractivity contribution in [3.63, 3.8) is 0 Å². The monoisotopic (exact) mass is 669 g/mol. The number of nitrogen functional groups attached to an aromatic ring is 1. The molecule has 2 aliphatic rings. The van der Waals surface area contributed by atoms with Gasteiger partial charge in [-0.05, 0) is 32.0 Å². The summed E-state index contributed by atoms with van der Waals surface area (Å²) < 4.78 is 45.5. The molecule has 0 spiro atoms. The molecule has 20 heteroatoms. The van der Waals surface area contributed by atoms with Crippen molar-refractivity contribution < 1.29 is 51.0 Å². The Morgan fingerprint density at radius 1 is 1.36 bits per heavy atom. The summed E-state index contributed by atoms with van der Waals surface area (Å²) in [4.78, 5) is 43.3. The van der Waals surface area contributed by atoms with E-state index >= 15 is 0 Å². The lowest BCUT2D eigenvalue weighted by Gasteiger charge is -2.50. The molecule has 2 aromatic heterocycles. The molecule has 2 amide bonds. The number of nitrogens with zero attached hydrogens (tertiary/aromatic N) is 5. The van der Waals surface area contributed by atoms with E-state index in [0.717, 1.165) is 41.9 Å². The summed E-state index contributed by atoms with van der Waals surface area (Å²) in [6.45, 7) is 5.71. The molecule has 5 rings (SSSR count). The molecular weight excluding hydrogens is 636 g/mol. The van der Waals surface area contributed by atoms with Gasteiger partial charge in [0.05, 0.1) is 18.0 Å². The molecule has 1 unspecified atom stereocenters. The molecule has 2 saturated heterocycles. The summed E-state index contributed by atoms with van der Waals surface area (Å²) in [5.74, 6) is -0.447. The minimum atomic E-state index is -4.94. The van der Waals surface area contributed by atoms with Gasteiger partial charge in [-0.2, -0.15) is 18.2 Å². The van der Waals surface area contributed by atoms with Gasteiger partial charge in [-0.25, -0.2) is 4.98 Å². The van der Waals surface area contributed by atoms with Gasteiger partial charge in [0.2, 0.25) is 6.20 Å². The van der Waals surface area contributed by atoms with Gasteiger partial charge >= 0.3 is 10.4 Å². The second kappa shape index (κ2) is 13.7. The number of hydroxylamine groups is 2. The van der Waals surface area contributed by atoms with E-state index < -0.39 is 33.8 Å². The topological polar surface area (TPSA) is 241 Å². The molecule has 3 aromatic rings. The number of nitrogens with two attached hydrogens (primary N) is 1. The number of anilines is 1. The number of carbonyl (C=O) groups excluding carboxylic acids is 2. The number of hydrogen-bond donors (Lipinski definition) is 5. The Labute approximate surface area is 261 Å². The van der Waals surface area contributed by atoms with E-state index in [1.165, 1.54) is 19.2 Å². The zero-order valence-corrected chi connectivity index (χ0v) is 26.1. The number of β-lactam (4-membered cyclic amide) rings is 1. The van der Waals surface area contributed by atoms with E-state index in [2.05, 4.69) is 40.6 Å². The maximum atomic E-state index is 13.1. The standard InChI is InChI=1S/C24H30N8O8S2.CH2O2/c1-24(2)20(22(34)32(24)40-42(35,36)37)28-21(33)19(17-13-41-23(25)27-17)29-39-7-6-38-16-4-5-18-15(8-16)12-31(30(18)3)11-14-9-26-10-14;2-1-3/h4-5,8,12-14,20,26H,6-7,9-11H2,1-3H3,(H3-,25,27,28,33,35,36,37);1H,(H,2,3)/p+1/b29-19-;. The van der Waals surface area contributed by atoms with Gasteiger partial charge in [0.15, 0.2) is 24.0 Å². The third-order valence-corrected chi connectivity index (χ3v) is 8.04. The number of nitrogens with one attached hydrogen (secondary N) is 2. The normalized spacial score (nSPS) is 18.0. The molecule has 0 saturated carbocycles. The fourth-order valence-electron chi connectivity index (χ4n) is 4.65. The summed E-state index contributed by atoms with van der Waals surface area (Å²) in [7, 11) is -2.92. The van der Waals surface area contributed by atoms with Crippen LogP contribution in [-0.2, 0) is 47.5 Å². The molecule has 0 bridgehead atoms. The number of fused-ring (bicyclic) bond motifs is 1. The molecule has 18 nitrogen and oxygen atoms in total. The van der Waals surface area contributed by atoms with Gasteiger partial charge < -0.3 is 31.0 Å². The number of oxime groups is 1. The number of ether oxygens (including phenoxy) is 1. The van der Waals surface area contributed by atoms with Crippen molar-refractivity contribution in [3.05, 3.63) is 35.5 Å². The molecule has 45 heavy (non-hydrogen) atoms. The van der Waals surface area contributed by atoms with Crippen molar-refractivity contribution in [1.29, 1.82) is 0 Å². The van der Waals surface area contributed by atoms with Crippen LogP contribution in [0, 0.1) is 5.92 Å². The molecule has 244 valence electrons. The van der Waals surface area contributed by atoms with E-state index in [0.29, 0.717) is 16.7 Å². The Bertz CT molecular complexity index is 1700. The number of thiazole rings is 1. The minimum absolute atomic E-state index is 0.0122. The van der Waals surface area contributed by atoms with Crippen molar-refractivity contribution in [2.75, 3.05) is 32.0 Å². The summed E-state index contributed by atoms with van der Waals surface area (Å²) in [5.41, 5.74) is 5.35. The number of amides is 2. The lowest BCUT2D eigenvalue weighted by Crippen LogP contribution is -2.76. The number of hydrogen-bond acceptors (Lipinski definition) is 13. The molecule has 2 aliphatic heterocycles. The number of aryl methyl sites for hydroxylation is 1. The van der Waals surface area contributed by atoms with Gasteiger partial charge in [-0.1, -0.05) is 5.16 Å². The highest BCUT2D eigenvalue weighted by Gasteiger charge is 2.58. The van der Waals surface area contributed by atoms with Crippen LogP contribution in [0.1, 0.15) is 19.5 Å². The smallest absolute Gasteiger partial charge is 0.418 e. The molecule has 1 aromatic carbocycles. The van der Waals surface area contributed by atoms with Crippen molar-refractivity contribution in [1.82, 2.24) is 25.4 Å². The Balaban J connectivity index is 0.00000148. The highest BCUT2D eigenvalue weighted by molar-refractivity contribution is 7.80. The number of carbonyl (C=O) groups is 3. The van der Waals surface area contributed by atoms with Crippen molar-refractivity contribution in [2.24, 2.45) is 18.1 Å². The number of benzene rings is 1. The first-order valence-corrected chi connectivity index (χ1v) is 15.6. The maximum Gasteiger partial charge on any atom is 0.418 e. The van der Waals surface area contributed by atoms with E-state index in [1.54, 1.807) is 0 Å². The summed E-state index contributed by atoms with van der Waals surface area (Å²) >= 11 is 1.08. The average Bonchev–Trinajstić information content (AvgIpc) is 3.51. The Morgan fingerprint density at radius 2 is 2.07 bits per heavy atom. The number of carboxylic acid groups (broad SMARTS) is 1. The summed E-state index contributed by atoms with van der Waals surface area (Å²) in [6, 6.07) is 4.61. The van der Waals surface area contributed by atoms with Gasteiger partial charge in [0.1, 0.15) is 29.6 Å². The van der Waals surface area contributed by atoms with Crippen LogP contribution >= 0.6 is 11.3 Å². The Morgan fingerprint density at radius 3 is 2.64 bits per heavy atom. The Kier molecular flexibility index (Phi) is 10.2. The summed E-state index contributed by atoms with van der Waals surface area (Å²) in [5, 5.41) is 19.7. The molecular formula is C25H33N8O10S2+. The molecule has 4 heterocycles. The van der Waals surface area contributed by atoms with Gasteiger partial charge in [-0.3, -0.25) is 18.9 Å². The highest BCUT2D eigenvalue weighted by atomic mass is 32.3. The first-order chi connectivity index (χ1) is 21.2. The van der Waals surface area contributed by atoms with Crippen LogP contribution in [-0.4, -0.2) is 94.7 Å². The van der Waals surface area contributed by atoms with Crippen LogP contribution in [0.2, 0.25) is 0 Å². The average molecular weight is 670 g/mol. The van der Waals surface area contributed by atoms with Crippen LogP contribution in [0.5, 0.6) is 5.75 Å². The van der Waals surface area contributed by atoms with Gasteiger partial charge in [-0.15, -0.1) is 20.3 Å². The zero-order valence-electron chi connectivity index (χ0n) is 24.4. The van der Waals surface area contributed by atoms with E-state index in [-0.39, 0.29) is 36.2 Å². The second-order valence-electron chi connectivity index (χ2n) is 10.5. The molecule has 6 N–H and O–H groups in total. The van der Waals surface area contributed by atoms with Crippen molar-refractivity contribution >= 4 is 61.8 Å². The molecule has 2 fully saturated rings. The van der Waals surface area contributed by atoms with Crippen molar-refractivity contribution in [3.8, 4) is 5.75 Å². The maximum absolute atomic E-state index is 13.1. The van der Waals surface area contributed by atoms with Crippen molar-refractivity contribution in [2.45, 2.75) is 32.0 Å². The fourth-order valence-corrected chi connectivity index (χ4v) is 5.65. The molecule has 1 atom stereocenters. The molecule has 0 radical (unpaired) electrons.